The molecule has 1 aliphatic heterocycles. The second kappa shape index (κ2) is 4.85. The molecule has 0 aromatic carbocycles. The summed E-state index contributed by atoms with van der Waals surface area (Å²) >= 11 is 0. The number of rotatable bonds is 4. The Kier molecular flexibility index (Phi) is 3.50. The zero-order valence-corrected chi connectivity index (χ0v) is 10.8. The Balaban J connectivity index is 2.43. The van der Waals surface area contributed by atoms with E-state index in [1.54, 1.807) is 4.98 Å². The maximum absolute atomic E-state index is 12.1. The number of aromatic nitrogens is 2. The van der Waals surface area contributed by atoms with Gasteiger partial charge in [0.25, 0.3) is 5.56 Å². The number of sulfonamides is 1. The van der Waals surface area contributed by atoms with E-state index in [9.17, 15) is 22.8 Å². The number of ether oxygens (including phenoxy) is 1. The average Bonchev–Trinajstić information content (AvgIpc) is 2.77. The normalized spacial score (nSPS) is 22.8. The molecule has 0 saturated carbocycles. The van der Waals surface area contributed by atoms with Crippen molar-refractivity contribution in [2.45, 2.75) is 16.9 Å². The average molecular weight is 305 g/mol. The van der Waals surface area contributed by atoms with Crippen molar-refractivity contribution in [1.29, 1.82) is 0 Å². The summed E-state index contributed by atoms with van der Waals surface area (Å²) in [5.74, 6) is -1.40. The second-order valence-electron chi connectivity index (χ2n) is 4.23. The predicted octanol–water partition coefficient (Wildman–Crippen LogP) is -2.41. The zero-order valence-electron chi connectivity index (χ0n) is 10.0. The van der Waals surface area contributed by atoms with Crippen LogP contribution in [0.15, 0.2) is 20.7 Å². The lowest BCUT2D eigenvalue weighted by molar-refractivity contribution is -0.144. The summed E-state index contributed by atoms with van der Waals surface area (Å²) in [7, 11) is -4.42. The van der Waals surface area contributed by atoms with Gasteiger partial charge < -0.3 is 14.8 Å². The third-order valence-electron chi connectivity index (χ3n) is 2.84. The topological polar surface area (TPSA) is 158 Å². The molecule has 110 valence electrons. The van der Waals surface area contributed by atoms with Crippen molar-refractivity contribution in [2.24, 2.45) is 0 Å². The fourth-order valence-corrected chi connectivity index (χ4v) is 3.15. The first-order chi connectivity index (χ1) is 9.27. The van der Waals surface area contributed by atoms with Crippen molar-refractivity contribution in [3.63, 3.8) is 0 Å². The van der Waals surface area contributed by atoms with Gasteiger partial charge in [0.1, 0.15) is 0 Å². The molecule has 20 heavy (non-hydrogen) atoms. The van der Waals surface area contributed by atoms with Gasteiger partial charge in [0.2, 0.25) is 10.0 Å². The summed E-state index contributed by atoms with van der Waals surface area (Å²) in [5, 5.41) is 9.14. The minimum atomic E-state index is -4.42. The number of aliphatic carboxylic acids is 1. The van der Waals surface area contributed by atoms with Crippen LogP contribution in [0.25, 0.3) is 0 Å². The van der Waals surface area contributed by atoms with Crippen molar-refractivity contribution in [2.75, 3.05) is 13.2 Å². The fourth-order valence-electron chi connectivity index (χ4n) is 1.77. The molecule has 11 heteroatoms. The molecule has 1 saturated heterocycles. The van der Waals surface area contributed by atoms with Crippen LogP contribution in [0.2, 0.25) is 0 Å². The van der Waals surface area contributed by atoms with E-state index < -0.39 is 37.7 Å². The van der Waals surface area contributed by atoms with E-state index in [1.807, 2.05) is 9.71 Å². The van der Waals surface area contributed by atoms with E-state index in [2.05, 4.69) is 0 Å². The SMILES string of the molecule is O=C(O)C1(NS(=O)(=O)c2c[nH]c(=O)[nH]c2=O)CCOC1. The monoisotopic (exact) mass is 305 g/mol. The molecular formula is C9H11N3O7S. The molecule has 0 spiro atoms. The molecule has 0 amide bonds. The molecule has 10 nitrogen and oxygen atoms in total. The van der Waals surface area contributed by atoms with Crippen LogP contribution in [0.3, 0.4) is 0 Å². The molecule has 1 atom stereocenters. The molecule has 0 bridgehead atoms. The van der Waals surface area contributed by atoms with Gasteiger partial charge in [0.05, 0.1) is 6.61 Å². The molecule has 1 aromatic rings. The van der Waals surface area contributed by atoms with E-state index in [4.69, 9.17) is 9.84 Å². The summed E-state index contributed by atoms with van der Waals surface area (Å²) in [4.78, 5) is 36.5. The first-order valence-corrected chi connectivity index (χ1v) is 6.92. The summed E-state index contributed by atoms with van der Waals surface area (Å²) in [6.45, 7) is -0.264. The van der Waals surface area contributed by atoms with Gasteiger partial charge in [-0.1, -0.05) is 0 Å². The molecule has 0 radical (unpaired) electrons. The molecular weight excluding hydrogens is 294 g/mol. The minimum Gasteiger partial charge on any atom is -0.480 e. The second-order valence-corrected chi connectivity index (χ2v) is 5.88. The highest BCUT2D eigenvalue weighted by atomic mass is 32.2. The molecule has 1 aliphatic rings. The molecule has 4 N–H and O–H groups in total. The lowest BCUT2D eigenvalue weighted by atomic mass is 10.0. The van der Waals surface area contributed by atoms with E-state index in [0.29, 0.717) is 6.20 Å². The highest BCUT2D eigenvalue weighted by Crippen LogP contribution is 2.21. The highest BCUT2D eigenvalue weighted by Gasteiger charge is 2.46. The Bertz CT molecular complexity index is 741. The largest absolute Gasteiger partial charge is 0.480 e. The zero-order chi connectivity index (χ0) is 15.0. The van der Waals surface area contributed by atoms with Crippen molar-refractivity contribution >= 4 is 16.0 Å². The van der Waals surface area contributed by atoms with E-state index in [1.165, 1.54) is 0 Å². The van der Waals surface area contributed by atoms with Crippen molar-refractivity contribution < 1.29 is 23.1 Å². The first-order valence-electron chi connectivity index (χ1n) is 5.44. The smallest absolute Gasteiger partial charge is 0.327 e. The molecule has 1 aromatic heterocycles. The summed E-state index contributed by atoms with van der Waals surface area (Å²) in [6.07, 6.45) is 0.637. The van der Waals surface area contributed by atoms with Gasteiger partial charge in [-0.15, -0.1) is 0 Å². The quantitative estimate of drug-likeness (QED) is 0.482. The number of carbonyl (C=O) groups is 1. The third-order valence-corrected chi connectivity index (χ3v) is 4.38. The van der Waals surface area contributed by atoms with Crippen LogP contribution in [0, 0.1) is 0 Å². The van der Waals surface area contributed by atoms with Crippen LogP contribution in [-0.4, -0.2) is 48.2 Å². The van der Waals surface area contributed by atoms with Crippen LogP contribution in [0.1, 0.15) is 6.42 Å². The predicted molar refractivity (Wildman–Crippen MR) is 63.8 cm³/mol. The van der Waals surface area contributed by atoms with E-state index in [-0.39, 0.29) is 19.6 Å². The van der Waals surface area contributed by atoms with Crippen molar-refractivity contribution in [3.8, 4) is 0 Å². The lowest BCUT2D eigenvalue weighted by Crippen LogP contribution is -2.55. The molecule has 1 unspecified atom stereocenters. The standard InChI is InChI=1S/C9H11N3O7S/c13-6-5(3-10-8(16)11-6)20(17,18)12-9(7(14)15)1-2-19-4-9/h3,12H,1-2,4H2,(H,14,15)(H2,10,11,13,16). The van der Waals surface area contributed by atoms with Gasteiger partial charge >= 0.3 is 11.7 Å². The lowest BCUT2D eigenvalue weighted by Gasteiger charge is -2.22. The maximum atomic E-state index is 12.1. The number of nitrogens with one attached hydrogen (secondary N) is 3. The maximum Gasteiger partial charge on any atom is 0.327 e. The Morgan fingerprint density at radius 2 is 2.15 bits per heavy atom. The summed E-state index contributed by atoms with van der Waals surface area (Å²) < 4.78 is 31.0. The minimum absolute atomic E-state index is 0.0666. The number of hydrogen-bond acceptors (Lipinski definition) is 6. The van der Waals surface area contributed by atoms with Crippen molar-refractivity contribution in [1.82, 2.24) is 14.7 Å². The van der Waals surface area contributed by atoms with E-state index >= 15 is 0 Å². The summed E-state index contributed by atoms with van der Waals surface area (Å²) in [5.41, 5.74) is -3.83. The number of hydrogen-bond donors (Lipinski definition) is 4. The summed E-state index contributed by atoms with van der Waals surface area (Å²) in [6, 6.07) is 0. The fraction of sp³-hybridized carbons (Fsp3) is 0.444. The van der Waals surface area contributed by atoms with Crippen molar-refractivity contribution in [3.05, 3.63) is 27.0 Å². The highest BCUT2D eigenvalue weighted by molar-refractivity contribution is 7.89. The van der Waals surface area contributed by atoms with E-state index in [0.717, 1.165) is 0 Å². The molecule has 2 rings (SSSR count). The Morgan fingerprint density at radius 1 is 1.45 bits per heavy atom. The van der Waals surface area contributed by atoms with Crippen LogP contribution < -0.4 is 16.0 Å². The first kappa shape index (κ1) is 14.4. The van der Waals surface area contributed by atoms with Gasteiger partial charge in [-0.05, 0) is 0 Å². The van der Waals surface area contributed by atoms with Gasteiger partial charge in [0.15, 0.2) is 10.4 Å². The van der Waals surface area contributed by atoms with Gasteiger partial charge in [0, 0.05) is 19.2 Å². The third kappa shape index (κ3) is 2.50. The van der Waals surface area contributed by atoms with Gasteiger partial charge in [-0.3, -0.25) is 14.6 Å². The van der Waals surface area contributed by atoms with Crippen LogP contribution >= 0.6 is 0 Å². The molecule has 2 heterocycles. The molecule has 0 aliphatic carbocycles. The Labute approximate surface area is 111 Å². The van der Waals surface area contributed by atoms with Crippen LogP contribution in [-0.2, 0) is 19.6 Å². The van der Waals surface area contributed by atoms with Gasteiger partial charge in [-0.25, -0.2) is 13.2 Å². The number of H-pyrrole nitrogens is 2. The molecule has 1 fully saturated rings. The number of carboxylic acids is 1. The Morgan fingerprint density at radius 3 is 2.65 bits per heavy atom. The Hall–Kier alpha value is -1.98. The van der Waals surface area contributed by atoms with Gasteiger partial charge in [-0.2, -0.15) is 4.72 Å². The van der Waals surface area contributed by atoms with Crippen LogP contribution in [0.4, 0.5) is 0 Å². The number of aromatic amines is 2. The number of carboxylic acid groups (broad SMARTS) is 1. The van der Waals surface area contributed by atoms with Crippen LogP contribution in [0.5, 0.6) is 0 Å².